The average Bonchev–Trinajstić information content (AvgIpc) is 2.90. The standard InChI is InChI=1S/C13H19N7/c1-8-4-2-3-5-10(8)18-11-9(12(14)15)6-17-20-7-16-19-13(11)20/h6-8,10,18H,2-5H2,1H3,(H3,14,15). The highest BCUT2D eigenvalue weighted by molar-refractivity contribution is 6.02. The molecule has 1 fully saturated rings. The fraction of sp³-hybridized carbons (Fsp3) is 0.538. The van der Waals surface area contributed by atoms with Gasteiger partial charge in [0.05, 0.1) is 17.4 Å². The van der Waals surface area contributed by atoms with Gasteiger partial charge in [0.25, 0.3) is 0 Å². The van der Waals surface area contributed by atoms with Crippen molar-refractivity contribution in [3.63, 3.8) is 0 Å². The summed E-state index contributed by atoms with van der Waals surface area (Å²) in [5.74, 6) is 0.591. The van der Waals surface area contributed by atoms with Gasteiger partial charge in [-0.15, -0.1) is 10.2 Å². The Morgan fingerprint density at radius 3 is 3.00 bits per heavy atom. The normalized spacial score (nSPS) is 22.9. The third-order valence-electron chi connectivity index (χ3n) is 4.07. The van der Waals surface area contributed by atoms with Gasteiger partial charge >= 0.3 is 0 Å². The van der Waals surface area contributed by atoms with E-state index in [-0.39, 0.29) is 5.84 Å². The first-order valence-electron chi connectivity index (χ1n) is 6.97. The SMILES string of the molecule is CC1CCCCC1Nc1c(C(=N)N)cnn2cnnc12. The average molecular weight is 273 g/mol. The molecule has 7 nitrogen and oxygen atoms in total. The zero-order valence-corrected chi connectivity index (χ0v) is 11.5. The Balaban J connectivity index is 2.01. The van der Waals surface area contributed by atoms with Crippen LogP contribution in [0.1, 0.15) is 38.2 Å². The summed E-state index contributed by atoms with van der Waals surface area (Å²) in [4.78, 5) is 0. The van der Waals surface area contributed by atoms with Crippen molar-refractivity contribution >= 4 is 17.2 Å². The van der Waals surface area contributed by atoms with Crippen molar-refractivity contribution in [3.8, 4) is 0 Å². The number of hydrogen-bond donors (Lipinski definition) is 3. The first-order chi connectivity index (χ1) is 9.66. The van der Waals surface area contributed by atoms with Gasteiger partial charge in [-0.3, -0.25) is 5.41 Å². The highest BCUT2D eigenvalue weighted by atomic mass is 15.3. The monoisotopic (exact) mass is 273 g/mol. The predicted octanol–water partition coefficient (Wildman–Crippen LogP) is 1.40. The Morgan fingerprint density at radius 1 is 1.45 bits per heavy atom. The molecule has 7 heteroatoms. The Morgan fingerprint density at radius 2 is 2.25 bits per heavy atom. The van der Waals surface area contributed by atoms with Crippen LogP contribution in [-0.2, 0) is 0 Å². The van der Waals surface area contributed by atoms with E-state index < -0.39 is 0 Å². The van der Waals surface area contributed by atoms with E-state index >= 15 is 0 Å². The quantitative estimate of drug-likeness (QED) is 0.579. The van der Waals surface area contributed by atoms with Crippen molar-refractivity contribution < 1.29 is 0 Å². The lowest BCUT2D eigenvalue weighted by Crippen LogP contribution is -2.31. The summed E-state index contributed by atoms with van der Waals surface area (Å²) in [6.45, 7) is 2.26. The van der Waals surface area contributed by atoms with E-state index in [0.29, 0.717) is 23.2 Å². The molecule has 0 aromatic carbocycles. The second-order valence-electron chi connectivity index (χ2n) is 5.46. The minimum absolute atomic E-state index is 0.00559. The van der Waals surface area contributed by atoms with E-state index in [1.54, 1.807) is 17.0 Å². The molecule has 2 heterocycles. The van der Waals surface area contributed by atoms with Crippen LogP contribution in [-0.4, -0.2) is 31.7 Å². The van der Waals surface area contributed by atoms with Crippen LogP contribution in [0, 0.1) is 11.3 Å². The molecule has 2 unspecified atom stereocenters. The number of fused-ring (bicyclic) bond motifs is 1. The Bertz CT molecular complexity index is 633. The summed E-state index contributed by atoms with van der Waals surface area (Å²) in [6.07, 6.45) is 8.01. The molecule has 1 saturated carbocycles. The summed E-state index contributed by atoms with van der Waals surface area (Å²) in [5.41, 5.74) is 7.63. The maximum Gasteiger partial charge on any atom is 0.201 e. The predicted molar refractivity (Wildman–Crippen MR) is 76.8 cm³/mol. The van der Waals surface area contributed by atoms with Gasteiger partial charge in [0.1, 0.15) is 12.2 Å². The van der Waals surface area contributed by atoms with Crippen LogP contribution in [0.2, 0.25) is 0 Å². The van der Waals surface area contributed by atoms with Crippen LogP contribution in [0.3, 0.4) is 0 Å². The van der Waals surface area contributed by atoms with E-state index in [2.05, 4.69) is 27.5 Å². The van der Waals surface area contributed by atoms with Crippen molar-refractivity contribution in [2.24, 2.45) is 11.7 Å². The van der Waals surface area contributed by atoms with Gasteiger partial charge in [-0.25, -0.2) is 0 Å². The summed E-state index contributed by atoms with van der Waals surface area (Å²) < 4.78 is 1.60. The number of nitrogens with zero attached hydrogens (tertiary/aromatic N) is 4. The molecule has 2 atom stereocenters. The van der Waals surface area contributed by atoms with Crippen LogP contribution >= 0.6 is 0 Å². The van der Waals surface area contributed by atoms with E-state index in [0.717, 1.165) is 12.1 Å². The van der Waals surface area contributed by atoms with Crippen molar-refractivity contribution in [2.45, 2.75) is 38.6 Å². The van der Waals surface area contributed by atoms with Gasteiger partial charge in [-0.2, -0.15) is 9.61 Å². The Kier molecular flexibility index (Phi) is 3.25. The summed E-state index contributed by atoms with van der Waals surface area (Å²) in [6, 6.07) is 0.379. The lowest BCUT2D eigenvalue weighted by molar-refractivity contribution is 0.349. The van der Waals surface area contributed by atoms with Crippen LogP contribution in [0.15, 0.2) is 12.5 Å². The molecule has 0 amide bonds. The third-order valence-corrected chi connectivity index (χ3v) is 4.07. The molecule has 3 rings (SSSR count). The van der Waals surface area contributed by atoms with Gasteiger partial charge in [-0.05, 0) is 18.8 Å². The lowest BCUT2D eigenvalue weighted by Gasteiger charge is -2.30. The Labute approximate surface area is 117 Å². The van der Waals surface area contributed by atoms with Crippen molar-refractivity contribution in [1.29, 1.82) is 5.41 Å². The zero-order valence-electron chi connectivity index (χ0n) is 11.5. The number of anilines is 1. The summed E-state index contributed by atoms with van der Waals surface area (Å²) in [5, 5.41) is 23.4. The van der Waals surface area contributed by atoms with Crippen molar-refractivity contribution in [3.05, 3.63) is 18.1 Å². The second kappa shape index (κ2) is 5.07. The number of amidine groups is 1. The van der Waals surface area contributed by atoms with Gasteiger partial charge in [0.2, 0.25) is 5.65 Å². The molecular formula is C13H19N7. The van der Waals surface area contributed by atoms with Crippen LogP contribution < -0.4 is 11.1 Å². The van der Waals surface area contributed by atoms with Crippen LogP contribution in [0.25, 0.3) is 5.65 Å². The molecule has 1 aliphatic rings. The maximum atomic E-state index is 7.71. The molecular weight excluding hydrogens is 254 g/mol. The van der Waals surface area contributed by atoms with Gasteiger partial charge < -0.3 is 11.1 Å². The molecule has 0 aliphatic heterocycles. The molecule has 0 spiro atoms. The van der Waals surface area contributed by atoms with Gasteiger partial charge in [0.15, 0.2) is 0 Å². The smallest absolute Gasteiger partial charge is 0.201 e. The largest absolute Gasteiger partial charge is 0.384 e. The number of aromatic nitrogens is 4. The zero-order chi connectivity index (χ0) is 14.1. The topological polar surface area (TPSA) is 105 Å². The summed E-state index contributed by atoms with van der Waals surface area (Å²) in [7, 11) is 0. The molecule has 2 aromatic rings. The molecule has 0 saturated heterocycles. The molecule has 1 aliphatic carbocycles. The molecule has 106 valence electrons. The minimum atomic E-state index is -0.00559. The lowest BCUT2D eigenvalue weighted by atomic mass is 9.86. The molecule has 0 radical (unpaired) electrons. The second-order valence-corrected chi connectivity index (χ2v) is 5.46. The van der Waals surface area contributed by atoms with Crippen LogP contribution in [0.4, 0.5) is 5.69 Å². The molecule has 4 N–H and O–H groups in total. The highest BCUT2D eigenvalue weighted by Crippen LogP contribution is 2.29. The third kappa shape index (κ3) is 2.19. The Hall–Kier alpha value is -2.18. The van der Waals surface area contributed by atoms with Gasteiger partial charge in [0, 0.05) is 6.04 Å². The number of hydrogen-bond acceptors (Lipinski definition) is 5. The highest BCUT2D eigenvalue weighted by Gasteiger charge is 2.24. The first-order valence-corrected chi connectivity index (χ1v) is 6.97. The van der Waals surface area contributed by atoms with E-state index in [1.807, 2.05) is 0 Å². The fourth-order valence-corrected chi connectivity index (χ4v) is 2.85. The van der Waals surface area contributed by atoms with E-state index in [9.17, 15) is 0 Å². The fourth-order valence-electron chi connectivity index (χ4n) is 2.85. The minimum Gasteiger partial charge on any atom is -0.384 e. The van der Waals surface area contributed by atoms with E-state index in [1.165, 1.54) is 19.3 Å². The number of nitrogens with two attached hydrogens (primary N) is 1. The van der Waals surface area contributed by atoms with Gasteiger partial charge in [-0.1, -0.05) is 19.8 Å². The van der Waals surface area contributed by atoms with Crippen molar-refractivity contribution in [1.82, 2.24) is 19.8 Å². The number of nitrogen functional groups attached to an aromatic ring is 1. The molecule has 0 bridgehead atoms. The van der Waals surface area contributed by atoms with Crippen molar-refractivity contribution in [2.75, 3.05) is 5.32 Å². The number of rotatable bonds is 3. The molecule has 2 aromatic heterocycles. The van der Waals surface area contributed by atoms with Crippen LogP contribution in [0.5, 0.6) is 0 Å². The van der Waals surface area contributed by atoms with E-state index in [4.69, 9.17) is 11.1 Å². The molecule has 20 heavy (non-hydrogen) atoms. The maximum absolute atomic E-state index is 7.71. The summed E-state index contributed by atoms with van der Waals surface area (Å²) >= 11 is 0. The number of nitrogens with one attached hydrogen (secondary N) is 2. The first kappa shape index (κ1) is 12.8.